The van der Waals surface area contributed by atoms with E-state index in [0.29, 0.717) is 0 Å². The van der Waals surface area contributed by atoms with Gasteiger partial charge in [-0.25, -0.2) is 0 Å². The Morgan fingerprint density at radius 2 is 1.68 bits per heavy atom. The first-order valence-corrected chi connectivity index (χ1v) is 6.07. The number of hydrogen-bond acceptors (Lipinski definition) is 3. The molecule has 1 atom stereocenters. The third-order valence-electron chi connectivity index (χ3n) is 3.15. The average Bonchev–Trinajstić information content (AvgIpc) is 2.29. The third kappa shape index (κ3) is 4.28. The van der Waals surface area contributed by atoms with E-state index in [1.165, 1.54) is 5.56 Å². The third-order valence-corrected chi connectivity index (χ3v) is 3.15. The molecular weight excluding hydrogens is 246 g/mol. The van der Waals surface area contributed by atoms with Gasteiger partial charge in [0.2, 0.25) is 0 Å². The normalized spacial score (nSPS) is 11.9. The Kier molecular flexibility index (Phi) is 4.92. The zero-order valence-corrected chi connectivity index (χ0v) is 11.4. The molecule has 5 heteroatoms. The van der Waals surface area contributed by atoms with Crippen LogP contribution in [0.25, 0.3) is 0 Å². The quantitative estimate of drug-likeness (QED) is 0.734. The number of anilines is 1. The molecule has 1 rings (SSSR count). The van der Waals surface area contributed by atoms with Crippen LogP contribution in [0.4, 0.5) is 5.69 Å². The SMILES string of the molecule is Cc1cc(C)c(NCC(CC(=O)O)C(=O)O)cc1C. The second-order valence-corrected chi connectivity index (χ2v) is 4.77. The van der Waals surface area contributed by atoms with Crippen molar-refractivity contribution in [3.05, 3.63) is 28.8 Å². The Morgan fingerprint density at radius 3 is 2.21 bits per heavy atom. The maximum atomic E-state index is 11.0. The summed E-state index contributed by atoms with van der Waals surface area (Å²) in [6.45, 7) is 6.02. The second-order valence-electron chi connectivity index (χ2n) is 4.77. The molecule has 1 aromatic rings. The number of aryl methyl sites for hydroxylation is 3. The fourth-order valence-corrected chi connectivity index (χ4v) is 1.84. The molecule has 0 amide bonds. The summed E-state index contributed by atoms with van der Waals surface area (Å²) in [6, 6.07) is 3.97. The average molecular weight is 265 g/mol. The highest BCUT2D eigenvalue weighted by Crippen LogP contribution is 2.20. The van der Waals surface area contributed by atoms with Crippen molar-refractivity contribution < 1.29 is 19.8 Å². The molecular formula is C14H19NO4. The molecule has 19 heavy (non-hydrogen) atoms. The van der Waals surface area contributed by atoms with E-state index in [2.05, 4.69) is 5.32 Å². The molecule has 0 bridgehead atoms. The molecule has 0 aliphatic rings. The maximum absolute atomic E-state index is 11.0. The Morgan fingerprint density at radius 1 is 1.11 bits per heavy atom. The first-order chi connectivity index (χ1) is 8.81. The summed E-state index contributed by atoms with van der Waals surface area (Å²) < 4.78 is 0. The van der Waals surface area contributed by atoms with Crippen LogP contribution >= 0.6 is 0 Å². The van der Waals surface area contributed by atoms with Crippen LogP contribution in [0.2, 0.25) is 0 Å². The van der Waals surface area contributed by atoms with E-state index in [9.17, 15) is 9.59 Å². The minimum absolute atomic E-state index is 0.102. The molecule has 3 N–H and O–H groups in total. The molecule has 0 heterocycles. The lowest BCUT2D eigenvalue weighted by atomic mass is 10.0. The Hall–Kier alpha value is -2.04. The molecule has 1 unspecified atom stereocenters. The highest BCUT2D eigenvalue weighted by atomic mass is 16.4. The van der Waals surface area contributed by atoms with Crippen molar-refractivity contribution in [2.24, 2.45) is 5.92 Å². The smallest absolute Gasteiger partial charge is 0.308 e. The summed E-state index contributed by atoms with van der Waals surface area (Å²) in [7, 11) is 0. The number of carbonyl (C=O) groups is 2. The highest BCUT2D eigenvalue weighted by Gasteiger charge is 2.20. The van der Waals surface area contributed by atoms with Crippen molar-refractivity contribution in [3.63, 3.8) is 0 Å². The largest absolute Gasteiger partial charge is 0.481 e. The Balaban J connectivity index is 2.77. The first kappa shape index (κ1) is 15.0. The number of carboxylic acid groups (broad SMARTS) is 2. The molecule has 0 saturated carbocycles. The van der Waals surface area contributed by atoms with Crippen LogP contribution in [0.5, 0.6) is 0 Å². The Bertz CT molecular complexity index is 496. The number of benzene rings is 1. The minimum atomic E-state index is -1.11. The standard InChI is InChI=1S/C14H19NO4/c1-8-4-10(3)12(5-9(8)2)15-7-11(14(18)19)6-13(16)17/h4-5,11,15H,6-7H2,1-3H3,(H,16,17)(H,18,19). The number of carboxylic acids is 2. The fraction of sp³-hybridized carbons (Fsp3) is 0.429. The van der Waals surface area contributed by atoms with Crippen LogP contribution in [-0.4, -0.2) is 28.7 Å². The Labute approximate surface area is 112 Å². The lowest BCUT2D eigenvalue weighted by Crippen LogP contribution is -2.25. The molecule has 104 valence electrons. The molecule has 0 spiro atoms. The van der Waals surface area contributed by atoms with Gasteiger partial charge in [0, 0.05) is 12.2 Å². The van der Waals surface area contributed by atoms with Crippen LogP contribution in [0.3, 0.4) is 0 Å². The summed E-state index contributed by atoms with van der Waals surface area (Å²) >= 11 is 0. The first-order valence-electron chi connectivity index (χ1n) is 6.07. The van der Waals surface area contributed by atoms with E-state index in [1.54, 1.807) is 0 Å². The summed E-state index contributed by atoms with van der Waals surface area (Å²) in [4.78, 5) is 21.6. The van der Waals surface area contributed by atoms with Gasteiger partial charge in [0.15, 0.2) is 0 Å². The number of hydrogen-bond donors (Lipinski definition) is 3. The van der Waals surface area contributed by atoms with Crippen molar-refractivity contribution in [2.45, 2.75) is 27.2 Å². The number of aliphatic carboxylic acids is 2. The van der Waals surface area contributed by atoms with Gasteiger partial charge in [-0.2, -0.15) is 0 Å². The van der Waals surface area contributed by atoms with Gasteiger partial charge < -0.3 is 15.5 Å². The van der Waals surface area contributed by atoms with E-state index >= 15 is 0 Å². The topological polar surface area (TPSA) is 86.6 Å². The van der Waals surface area contributed by atoms with Gasteiger partial charge in [-0.1, -0.05) is 6.07 Å². The zero-order valence-electron chi connectivity index (χ0n) is 11.4. The van der Waals surface area contributed by atoms with Crippen LogP contribution in [0.1, 0.15) is 23.1 Å². The molecule has 5 nitrogen and oxygen atoms in total. The lowest BCUT2D eigenvalue weighted by Gasteiger charge is -2.15. The summed E-state index contributed by atoms with van der Waals surface area (Å²) in [6.07, 6.45) is -0.383. The maximum Gasteiger partial charge on any atom is 0.308 e. The molecule has 0 aromatic heterocycles. The minimum Gasteiger partial charge on any atom is -0.481 e. The van der Waals surface area contributed by atoms with E-state index in [-0.39, 0.29) is 13.0 Å². The van der Waals surface area contributed by atoms with Crippen molar-refractivity contribution in [1.82, 2.24) is 0 Å². The summed E-state index contributed by atoms with van der Waals surface area (Å²) in [5, 5.41) is 20.7. The molecule has 1 aromatic carbocycles. The van der Waals surface area contributed by atoms with Crippen molar-refractivity contribution in [2.75, 3.05) is 11.9 Å². The van der Waals surface area contributed by atoms with Gasteiger partial charge in [-0.15, -0.1) is 0 Å². The van der Waals surface area contributed by atoms with Crippen molar-refractivity contribution in [3.8, 4) is 0 Å². The summed E-state index contributed by atoms with van der Waals surface area (Å²) in [5.74, 6) is -3.14. The molecule has 0 fully saturated rings. The lowest BCUT2D eigenvalue weighted by molar-refractivity contribution is -0.147. The van der Waals surface area contributed by atoms with E-state index in [1.807, 2.05) is 32.9 Å². The van der Waals surface area contributed by atoms with Gasteiger partial charge in [0.25, 0.3) is 0 Å². The van der Waals surface area contributed by atoms with Crippen molar-refractivity contribution >= 4 is 17.6 Å². The number of rotatable bonds is 6. The van der Waals surface area contributed by atoms with E-state index < -0.39 is 17.9 Å². The molecule has 0 saturated heterocycles. The van der Waals surface area contributed by atoms with Gasteiger partial charge in [0.05, 0.1) is 12.3 Å². The van der Waals surface area contributed by atoms with E-state index in [0.717, 1.165) is 16.8 Å². The summed E-state index contributed by atoms with van der Waals surface area (Å²) in [5.41, 5.74) is 4.14. The fourth-order valence-electron chi connectivity index (χ4n) is 1.84. The van der Waals surface area contributed by atoms with Crippen LogP contribution in [0, 0.1) is 26.7 Å². The molecule has 0 aliphatic heterocycles. The van der Waals surface area contributed by atoms with Gasteiger partial charge in [-0.05, 0) is 43.5 Å². The monoisotopic (exact) mass is 265 g/mol. The van der Waals surface area contributed by atoms with Crippen molar-refractivity contribution in [1.29, 1.82) is 0 Å². The molecule has 0 radical (unpaired) electrons. The van der Waals surface area contributed by atoms with Crippen LogP contribution in [0.15, 0.2) is 12.1 Å². The van der Waals surface area contributed by atoms with Gasteiger partial charge in [0.1, 0.15) is 0 Å². The number of nitrogens with one attached hydrogen (secondary N) is 1. The zero-order chi connectivity index (χ0) is 14.6. The van der Waals surface area contributed by atoms with Crippen LogP contribution in [-0.2, 0) is 9.59 Å². The predicted octanol–water partition coefficient (Wildman–Crippen LogP) is 2.20. The van der Waals surface area contributed by atoms with Crippen LogP contribution < -0.4 is 5.32 Å². The van der Waals surface area contributed by atoms with Gasteiger partial charge in [-0.3, -0.25) is 9.59 Å². The highest BCUT2D eigenvalue weighted by molar-refractivity contribution is 5.78. The van der Waals surface area contributed by atoms with Gasteiger partial charge >= 0.3 is 11.9 Å². The molecule has 0 aliphatic carbocycles. The predicted molar refractivity (Wildman–Crippen MR) is 72.5 cm³/mol. The van der Waals surface area contributed by atoms with E-state index in [4.69, 9.17) is 10.2 Å². The second kappa shape index (κ2) is 6.22.